The average molecular weight is 229 g/mol. The number of anilines is 1. The third kappa shape index (κ3) is 1.31. The van der Waals surface area contributed by atoms with Crippen molar-refractivity contribution in [3.8, 4) is 10.6 Å². The van der Waals surface area contributed by atoms with Gasteiger partial charge in [0.2, 0.25) is 0 Å². The van der Waals surface area contributed by atoms with Crippen molar-refractivity contribution in [3.63, 3.8) is 0 Å². The summed E-state index contributed by atoms with van der Waals surface area (Å²) in [4.78, 5) is 6.94. The maximum Gasteiger partial charge on any atom is 0.139 e. The van der Waals surface area contributed by atoms with E-state index in [1.54, 1.807) is 11.3 Å². The summed E-state index contributed by atoms with van der Waals surface area (Å²) in [5.41, 5.74) is 7.86. The molecule has 0 radical (unpaired) electrons. The Bertz CT molecular complexity index is 651. The van der Waals surface area contributed by atoms with Crippen LogP contribution in [0.5, 0.6) is 0 Å². The van der Waals surface area contributed by atoms with Gasteiger partial charge in [0.1, 0.15) is 17.2 Å². The quantitative estimate of drug-likeness (QED) is 0.697. The van der Waals surface area contributed by atoms with Crippen LogP contribution in [0.3, 0.4) is 0 Å². The van der Waals surface area contributed by atoms with Crippen molar-refractivity contribution in [3.05, 3.63) is 41.4 Å². The molecule has 0 amide bonds. The van der Waals surface area contributed by atoms with Crippen molar-refractivity contribution in [2.45, 2.75) is 6.92 Å². The molecule has 0 aliphatic rings. The zero-order chi connectivity index (χ0) is 11.1. The molecule has 0 aromatic carbocycles. The molecule has 0 saturated carbocycles. The second kappa shape index (κ2) is 3.35. The van der Waals surface area contributed by atoms with Gasteiger partial charge in [-0.1, -0.05) is 6.07 Å². The number of thiophene rings is 1. The maximum atomic E-state index is 6.09. The van der Waals surface area contributed by atoms with Crippen molar-refractivity contribution in [2.75, 3.05) is 5.73 Å². The van der Waals surface area contributed by atoms with Crippen molar-refractivity contribution in [1.29, 1.82) is 0 Å². The molecule has 0 spiro atoms. The van der Waals surface area contributed by atoms with Gasteiger partial charge in [0, 0.05) is 11.1 Å². The molecule has 0 aliphatic heterocycles. The molecule has 2 N–H and O–H groups in total. The highest BCUT2D eigenvalue weighted by atomic mass is 32.1. The Kier molecular flexibility index (Phi) is 1.97. The van der Waals surface area contributed by atoms with Crippen LogP contribution in [0.25, 0.3) is 16.2 Å². The minimum atomic E-state index is 0.706. The van der Waals surface area contributed by atoms with Gasteiger partial charge in [-0.2, -0.15) is 0 Å². The highest BCUT2D eigenvalue weighted by Gasteiger charge is 2.11. The molecule has 3 nitrogen and oxygen atoms in total. The lowest BCUT2D eigenvalue weighted by Gasteiger charge is -1.95. The van der Waals surface area contributed by atoms with E-state index < -0.39 is 0 Å². The standard InChI is InChI=1S/C12H11N3S/c1-8-5-6-9(16-8)11-12(13)15-7-3-2-4-10(15)14-11/h2-7H,13H2,1H3. The number of nitrogens with two attached hydrogens (primary N) is 1. The van der Waals surface area contributed by atoms with Crippen LogP contribution in [0.15, 0.2) is 36.5 Å². The van der Waals surface area contributed by atoms with Crippen LogP contribution in [0.1, 0.15) is 4.88 Å². The summed E-state index contributed by atoms with van der Waals surface area (Å²) >= 11 is 1.71. The number of aromatic nitrogens is 2. The third-order valence-corrected chi connectivity index (χ3v) is 3.55. The normalized spacial score (nSPS) is 11.1. The number of fused-ring (bicyclic) bond motifs is 1. The van der Waals surface area contributed by atoms with Crippen molar-refractivity contribution in [2.24, 2.45) is 0 Å². The van der Waals surface area contributed by atoms with E-state index in [1.165, 1.54) is 4.88 Å². The number of pyridine rings is 1. The van der Waals surface area contributed by atoms with Gasteiger partial charge >= 0.3 is 0 Å². The Morgan fingerprint density at radius 2 is 2.12 bits per heavy atom. The molecule has 0 bridgehead atoms. The molecular formula is C12H11N3S. The van der Waals surface area contributed by atoms with Gasteiger partial charge in [-0.15, -0.1) is 11.3 Å². The largest absolute Gasteiger partial charge is 0.383 e. The molecular weight excluding hydrogens is 218 g/mol. The van der Waals surface area contributed by atoms with Gasteiger partial charge in [-0.3, -0.25) is 4.40 Å². The summed E-state index contributed by atoms with van der Waals surface area (Å²) in [5.74, 6) is 0.706. The molecule has 16 heavy (non-hydrogen) atoms. The van der Waals surface area contributed by atoms with Crippen LogP contribution in [-0.4, -0.2) is 9.38 Å². The zero-order valence-corrected chi connectivity index (χ0v) is 9.66. The monoisotopic (exact) mass is 229 g/mol. The van der Waals surface area contributed by atoms with E-state index in [0.717, 1.165) is 16.2 Å². The van der Waals surface area contributed by atoms with E-state index in [0.29, 0.717) is 5.82 Å². The third-order valence-electron chi connectivity index (χ3n) is 2.54. The maximum absolute atomic E-state index is 6.09. The fourth-order valence-corrected chi connectivity index (χ4v) is 2.62. The minimum absolute atomic E-state index is 0.706. The summed E-state index contributed by atoms with van der Waals surface area (Å²) in [5, 5.41) is 0. The first-order valence-electron chi connectivity index (χ1n) is 5.05. The fraction of sp³-hybridized carbons (Fsp3) is 0.0833. The predicted octanol–water partition coefficient (Wildman–Crippen LogP) is 2.95. The van der Waals surface area contributed by atoms with E-state index >= 15 is 0 Å². The van der Waals surface area contributed by atoms with Crippen LogP contribution < -0.4 is 5.73 Å². The SMILES string of the molecule is Cc1ccc(-c2nc3ccccn3c2N)s1. The number of nitrogens with zero attached hydrogens (tertiary/aromatic N) is 2. The Morgan fingerprint density at radius 3 is 2.81 bits per heavy atom. The van der Waals surface area contributed by atoms with E-state index in [4.69, 9.17) is 5.73 Å². The highest BCUT2D eigenvalue weighted by molar-refractivity contribution is 7.15. The molecule has 3 heterocycles. The lowest BCUT2D eigenvalue weighted by molar-refractivity contribution is 1.20. The van der Waals surface area contributed by atoms with E-state index in [2.05, 4.69) is 24.0 Å². The van der Waals surface area contributed by atoms with Crippen LogP contribution in [-0.2, 0) is 0 Å². The molecule has 0 fully saturated rings. The molecule has 80 valence electrons. The second-order valence-electron chi connectivity index (χ2n) is 3.68. The Labute approximate surface area is 97.2 Å². The number of aryl methyl sites for hydroxylation is 1. The Balaban J connectivity index is 2.28. The van der Waals surface area contributed by atoms with E-state index in [1.807, 2.05) is 28.8 Å². The van der Waals surface area contributed by atoms with Crippen LogP contribution >= 0.6 is 11.3 Å². The van der Waals surface area contributed by atoms with E-state index in [-0.39, 0.29) is 0 Å². The highest BCUT2D eigenvalue weighted by Crippen LogP contribution is 2.31. The van der Waals surface area contributed by atoms with Gasteiger partial charge in [-0.25, -0.2) is 4.98 Å². The average Bonchev–Trinajstić information content (AvgIpc) is 2.84. The summed E-state index contributed by atoms with van der Waals surface area (Å²) in [6, 6.07) is 10.0. The number of rotatable bonds is 1. The summed E-state index contributed by atoms with van der Waals surface area (Å²) < 4.78 is 1.91. The first kappa shape index (κ1) is 9.42. The second-order valence-corrected chi connectivity index (χ2v) is 4.97. The van der Waals surface area contributed by atoms with Gasteiger partial charge in [0.05, 0.1) is 4.88 Å². The summed E-state index contributed by atoms with van der Waals surface area (Å²) in [6.07, 6.45) is 1.93. The molecule has 3 aromatic heterocycles. The van der Waals surface area contributed by atoms with Gasteiger partial charge in [0.25, 0.3) is 0 Å². The molecule has 0 unspecified atom stereocenters. The van der Waals surface area contributed by atoms with Crippen LogP contribution in [0, 0.1) is 6.92 Å². The first-order valence-corrected chi connectivity index (χ1v) is 5.87. The summed E-state index contributed by atoms with van der Waals surface area (Å²) in [7, 11) is 0. The number of nitrogen functional groups attached to an aromatic ring is 1. The lowest BCUT2D eigenvalue weighted by atomic mass is 10.3. The first-order chi connectivity index (χ1) is 7.75. The Hall–Kier alpha value is -1.81. The zero-order valence-electron chi connectivity index (χ0n) is 8.84. The minimum Gasteiger partial charge on any atom is -0.383 e. The van der Waals surface area contributed by atoms with Gasteiger partial charge in [0.15, 0.2) is 0 Å². The van der Waals surface area contributed by atoms with Crippen molar-refractivity contribution in [1.82, 2.24) is 9.38 Å². The Morgan fingerprint density at radius 1 is 1.25 bits per heavy atom. The topological polar surface area (TPSA) is 43.3 Å². The van der Waals surface area contributed by atoms with Gasteiger partial charge in [-0.05, 0) is 31.2 Å². The molecule has 4 heteroatoms. The molecule has 0 aliphatic carbocycles. The lowest BCUT2D eigenvalue weighted by Crippen LogP contribution is -1.92. The fourth-order valence-electron chi connectivity index (χ4n) is 1.76. The number of imidazole rings is 1. The summed E-state index contributed by atoms with van der Waals surface area (Å²) in [6.45, 7) is 2.08. The van der Waals surface area contributed by atoms with Crippen molar-refractivity contribution >= 4 is 22.8 Å². The number of hydrogen-bond donors (Lipinski definition) is 1. The predicted molar refractivity (Wildman–Crippen MR) is 67.7 cm³/mol. The number of hydrogen-bond acceptors (Lipinski definition) is 3. The molecule has 3 aromatic rings. The van der Waals surface area contributed by atoms with Crippen molar-refractivity contribution < 1.29 is 0 Å². The smallest absolute Gasteiger partial charge is 0.139 e. The van der Waals surface area contributed by atoms with Gasteiger partial charge < -0.3 is 5.73 Å². The van der Waals surface area contributed by atoms with Crippen LogP contribution in [0.4, 0.5) is 5.82 Å². The van der Waals surface area contributed by atoms with Crippen LogP contribution in [0.2, 0.25) is 0 Å². The molecule has 3 rings (SSSR count). The molecule has 0 saturated heterocycles. The van der Waals surface area contributed by atoms with E-state index in [9.17, 15) is 0 Å². The molecule has 0 atom stereocenters.